The molecular formula is C20H20N4O2S. The standard InChI is InChI=1S/C20H20N4O2S/c25-18(23-12-6-7-13-23)14-27-20-21-17-11-5-4-10-16(17)19(26)24(20)22-15-8-2-1-3-9-15/h1-5,8-11,22H,6-7,12-14H2. The Kier molecular flexibility index (Phi) is 5.11. The fraction of sp³-hybridized carbons (Fsp3) is 0.250. The summed E-state index contributed by atoms with van der Waals surface area (Å²) in [6.45, 7) is 1.64. The van der Waals surface area contributed by atoms with Crippen molar-refractivity contribution in [3.63, 3.8) is 0 Å². The van der Waals surface area contributed by atoms with Crippen LogP contribution in [0.1, 0.15) is 12.8 Å². The van der Waals surface area contributed by atoms with E-state index in [1.165, 1.54) is 16.4 Å². The first-order valence-electron chi connectivity index (χ1n) is 8.97. The first-order chi connectivity index (χ1) is 13.2. The number of carbonyl (C=O) groups excluding carboxylic acids is 1. The van der Waals surface area contributed by atoms with Crippen LogP contribution in [0.2, 0.25) is 0 Å². The van der Waals surface area contributed by atoms with Crippen LogP contribution >= 0.6 is 11.8 Å². The zero-order valence-electron chi connectivity index (χ0n) is 14.8. The lowest BCUT2D eigenvalue weighted by Gasteiger charge is -2.17. The summed E-state index contributed by atoms with van der Waals surface area (Å²) in [6.07, 6.45) is 2.12. The van der Waals surface area contributed by atoms with Gasteiger partial charge in [-0.05, 0) is 37.1 Å². The number of hydrogen-bond donors (Lipinski definition) is 1. The molecule has 3 aromatic rings. The molecule has 7 heteroatoms. The lowest BCUT2D eigenvalue weighted by Crippen LogP contribution is -2.31. The van der Waals surface area contributed by atoms with Crippen molar-refractivity contribution in [1.29, 1.82) is 0 Å². The molecule has 1 aromatic heterocycles. The first-order valence-corrected chi connectivity index (χ1v) is 9.95. The monoisotopic (exact) mass is 380 g/mol. The Morgan fingerprint density at radius 2 is 1.74 bits per heavy atom. The van der Waals surface area contributed by atoms with Crippen molar-refractivity contribution < 1.29 is 4.79 Å². The molecule has 2 heterocycles. The maximum absolute atomic E-state index is 13.0. The molecule has 1 fully saturated rings. The molecule has 138 valence electrons. The van der Waals surface area contributed by atoms with Crippen LogP contribution in [0.3, 0.4) is 0 Å². The van der Waals surface area contributed by atoms with Gasteiger partial charge in [-0.15, -0.1) is 0 Å². The van der Waals surface area contributed by atoms with Crippen LogP contribution in [0.5, 0.6) is 0 Å². The van der Waals surface area contributed by atoms with Gasteiger partial charge in [0.05, 0.1) is 22.3 Å². The van der Waals surface area contributed by atoms with Crippen molar-refractivity contribution in [2.45, 2.75) is 18.0 Å². The quantitative estimate of drug-likeness (QED) is 0.544. The largest absolute Gasteiger partial charge is 0.342 e. The lowest BCUT2D eigenvalue weighted by molar-refractivity contribution is -0.127. The van der Waals surface area contributed by atoms with Gasteiger partial charge in [0, 0.05) is 13.1 Å². The van der Waals surface area contributed by atoms with Crippen molar-refractivity contribution in [2.24, 2.45) is 0 Å². The second-order valence-electron chi connectivity index (χ2n) is 6.41. The number of nitrogens with one attached hydrogen (secondary N) is 1. The van der Waals surface area contributed by atoms with E-state index in [9.17, 15) is 9.59 Å². The van der Waals surface area contributed by atoms with Crippen molar-refractivity contribution in [3.8, 4) is 0 Å². The normalized spacial score (nSPS) is 13.9. The Morgan fingerprint density at radius 3 is 2.52 bits per heavy atom. The number of hydrogen-bond acceptors (Lipinski definition) is 5. The van der Waals surface area contributed by atoms with Gasteiger partial charge in [0.1, 0.15) is 0 Å². The van der Waals surface area contributed by atoms with Gasteiger partial charge in [0.25, 0.3) is 5.56 Å². The van der Waals surface area contributed by atoms with Gasteiger partial charge in [0.2, 0.25) is 5.91 Å². The van der Waals surface area contributed by atoms with E-state index in [0.29, 0.717) is 16.1 Å². The van der Waals surface area contributed by atoms with Gasteiger partial charge in [-0.3, -0.25) is 15.0 Å². The number of amides is 1. The number of nitrogens with zero attached hydrogens (tertiary/aromatic N) is 3. The van der Waals surface area contributed by atoms with E-state index < -0.39 is 0 Å². The molecule has 1 aliphatic heterocycles. The van der Waals surface area contributed by atoms with Gasteiger partial charge in [-0.1, -0.05) is 42.1 Å². The molecule has 0 radical (unpaired) electrons. The number of aromatic nitrogens is 2. The van der Waals surface area contributed by atoms with E-state index in [-0.39, 0.29) is 17.2 Å². The third-order valence-corrected chi connectivity index (χ3v) is 5.47. The Morgan fingerprint density at radius 1 is 1.04 bits per heavy atom. The summed E-state index contributed by atoms with van der Waals surface area (Å²) < 4.78 is 1.43. The number of carbonyl (C=O) groups is 1. The van der Waals surface area contributed by atoms with E-state index in [2.05, 4.69) is 10.4 Å². The predicted octanol–water partition coefficient (Wildman–Crippen LogP) is 2.99. The minimum absolute atomic E-state index is 0.0890. The molecule has 6 nitrogen and oxygen atoms in total. The average molecular weight is 380 g/mol. The van der Waals surface area contributed by atoms with E-state index in [0.717, 1.165) is 31.6 Å². The molecule has 4 rings (SSSR count). The summed E-state index contributed by atoms with van der Waals surface area (Å²) in [5.41, 5.74) is 4.35. The zero-order chi connectivity index (χ0) is 18.6. The Balaban J connectivity index is 1.67. The second-order valence-corrected chi connectivity index (χ2v) is 7.35. The van der Waals surface area contributed by atoms with Gasteiger partial charge in [-0.2, -0.15) is 4.68 Å². The van der Waals surface area contributed by atoms with Gasteiger partial charge in [0.15, 0.2) is 5.16 Å². The van der Waals surface area contributed by atoms with Gasteiger partial charge in [-0.25, -0.2) is 4.98 Å². The topological polar surface area (TPSA) is 67.2 Å². The predicted molar refractivity (Wildman–Crippen MR) is 108 cm³/mol. The summed E-state index contributed by atoms with van der Waals surface area (Å²) >= 11 is 1.29. The molecule has 0 unspecified atom stereocenters. The Hall–Kier alpha value is -2.80. The highest BCUT2D eigenvalue weighted by Crippen LogP contribution is 2.20. The number of fused-ring (bicyclic) bond motifs is 1. The lowest BCUT2D eigenvalue weighted by atomic mass is 10.2. The minimum Gasteiger partial charge on any atom is -0.342 e. The molecule has 27 heavy (non-hydrogen) atoms. The number of likely N-dealkylation sites (tertiary alicyclic amines) is 1. The fourth-order valence-electron chi connectivity index (χ4n) is 3.13. The van der Waals surface area contributed by atoms with Crippen LogP contribution < -0.4 is 11.0 Å². The van der Waals surface area contributed by atoms with Crippen molar-refractivity contribution >= 4 is 34.3 Å². The molecular weight excluding hydrogens is 360 g/mol. The average Bonchev–Trinajstić information content (AvgIpc) is 3.24. The summed E-state index contributed by atoms with van der Waals surface area (Å²) in [4.78, 5) is 31.9. The molecule has 0 atom stereocenters. The number of thioether (sulfide) groups is 1. The SMILES string of the molecule is O=C(CSc1nc2ccccc2c(=O)n1Nc1ccccc1)N1CCCC1. The summed E-state index contributed by atoms with van der Waals surface area (Å²) in [6, 6.07) is 16.7. The summed E-state index contributed by atoms with van der Waals surface area (Å²) in [5, 5.41) is 1.02. The molecule has 1 aliphatic rings. The van der Waals surface area contributed by atoms with E-state index >= 15 is 0 Å². The van der Waals surface area contributed by atoms with E-state index in [1.54, 1.807) is 6.07 Å². The van der Waals surface area contributed by atoms with Crippen LogP contribution in [-0.2, 0) is 4.79 Å². The maximum atomic E-state index is 13.0. The van der Waals surface area contributed by atoms with Crippen molar-refractivity contribution in [3.05, 3.63) is 65.0 Å². The van der Waals surface area contributed by atoms with Crippen molar-refractivity contribution in [2.75, 3.05) is 24.3 Å². The summed E-state index contributed by atoms with van der Waals surface area (Å²) in [7, 11) is 0. The van der Waals surface area contributed by atoms with E-state index in [1.807, 2.05) is 53.4 Å². The number of para-hydroxylation sites is 2. The minimum atomic E-state index is -0.180. The van der Waals surface area contributed by atoms with E-state index in [4.69, 9.17) is 0 Å². The third-order valence-electron chi connectivity index (χ3n) is 4.54. The fourth-order valence-corrected chi connectivity index (χ4v) is 3.99. The molecule has 0 spiro atoms. The molecule has 1 saturated heterocycles. The molecule has 1 amide bonds. The van der Waals surface area contributed by atoms with Gasteiger partial charge < -0.3 is 4.90 Å². The highest BCUT2D eigenvalue weighted by atomic mass is 32.2. The van der Waals surface area contributed by atoms with Crippen LogP contribution in [0, 0.1) is 0 Å². The Bertz CT molecular complexity index is 1010. The number of anilines is 1. The van der Waals surface area contributed by atoms with Crippen LogP contribution in [0.25, 0.3) is 10.9 Å². The van der Waals surface area contributed by atoms with Gasteiger partial charge >= 0.3 is 0 Å². The third kappa shape index (κ3) is 3.83. The highest BCUT2D eigenvalue weighted by Gasteiger charge is 2.19. The molecule has 2 aromatic carbocycles. The van der Waals surface area contributed by atoms with Crippen LogP contribution in [0.4, 0.5) is 5.69 Å². The molecule has 0 saturated carbocycles. The van der Waals surface area contributed by atoms with Crippen LogP contribution in [-0.4, -0.2) is 39.3 Å². The molecule has 0 aliphatic carbocycles. The maximum Gasteiger partial charge on any atom is 0.280 e. The molecule has 0 bridgehead atoms. The van der Waals surface area contributed by atoms with Crippen LogP contribution in [0.15, 0.2) is 64.5 Å². The zero-order valence-corrected chi connectivity index (χ0v) is 15.6. The second kappa shape index (κ2) is 7.84. The first kappa shape index (κ1) is 17.6. The number of rotatable bonds is 5. The highest BCUT2D eigenvalue weighted by molar-refractivity contribution is 7.99. The molecule has 1 N–H and O–H groups in total. The summed E-state index contributed by atoms with van der Waals surface area (Å²) in [5.74, 6) is 0.354. The van der Waals surface area contributed by atoms with Crippen molar-refractivity contribution in [1.82, 2.24) is 14.6 Å². The number of benzene rings is 2. The Labute approximate surface area is 161 Å². The smallest absolute Gasteiger partial charge is 0.280 e.